The minimum atomic E-state index is 0.0910. The van der Waals surface area contributed by atoms with Gasteiger partial charge in [-0.3, -0.25) is 0 Å². The molecule has 0 fully saturated rings. The third-order valence-corrected chi connectivity index (χ3v) is 4.96. The normalized spacial score (nSPS) is 21.2. The van der Waals surface area contributed by atoms with Crippen molar-refractivity contribution >= 4 is 11.3 Å². The number of nitrogens with zero attached hydrogens (tertiary/aromatic N) is 1. The van der Waals surface area contributed by atoms with E-state index in [0.717, 1.165) is 11.6 Å². The summed E-state index contributed by atoms with van der Waals surface area (Å²) >= 11 is 1.86. The van der Waals surface area contributed by atoms with Crippen LogP contribution in [0.25, 0.3) is 0 Å². The number of methoxy groups -OCH3 is 1. The van der Waals surface area contributed by atoms with Crippen LogP contribution < -0.4 is 5.32 Å². The van der Waals surface area contributed by atoms with Crippen LogP contribution in [-0.4, -0.2) is 25.7 Å². The van der Waals surface area contributed by atoms with Crippen molar-refractivity contribution in [3.05, 3.63) is 15.6 Å². The lowest BCUT2D eigenvalue weighted by Gasteiger charge is -2.27. The average molecular weight is 282 g/mol. The van der Waals surface area contributed by atoms with Crippen molar-refractivity contribution in [2.24, 2.45) is 5.41 Å². The van der Waals surface area contributed by atoms with E-state index in [4.69, 9.17) is 9.72 Å². The third kappa shape index (κ3) is 3.18. The lowest BCUT2D eigenvalue weighted by molar-refractivity contribution is 0.0149. The third-order valence-electron chi connectivity index (χ3n) is 3.78. The van der Waals surface area contributed by atoms with E-state index in [1.54, 1.807) is 7.11 Å². The number of hydrogen-bond acceptors (Lipinski definition) is 4. The summed E-state index contributed by atoms with van der Waals surface area (Å²) in [7, 11) is 3.82. The highest BCUT2D eigenvalue weighted by Gasteiger charge is 2.32. The first kappa shape index (κ1) is 14.9. The highest BCUT2D eigenvalue weighted by atomic mass is 32.1. The maximum absolute atomic E-state index is 5.71. The lowest BCUT2D eigenvalue weighted by atomic mass is 9.89. The predicted octanol–water partition coefficient (Wildman–Crippen LogP) is 3.52. The summed E-state index contributed by atoms with van der Waals surface area (Å²) in [6.07, 6.45) is 3.82. The number of ether oxygens (including phenoxy) is 1. The number of nitrogens with one attached hydrogen (secondary N) is 1. The summed E-state index contributed by atoms with van der Waals surface area (Å²) < 4.78 is 5.71. The Hall–Kier alpha value is -0.450. The van der Waals surface area contributed by atoms with Gasteiger partial charge < -0.3 is 10.1 Å². The molecule has 1 aliphatic carbocycles. The van der Waals surface area contributed by atoms with Crippen molar-refractivity contribution in [2.75, 3.05) is 20.7 Å². The molecule has 0 spiro atoms. The maximum atomic E-state index is 5.71. The summed E-state index contributed by atoms with van der Waals surface area (Å²) in [5.74, 6) is 0.580. The molecule has 0 amide bonds. The second-order valence-electron chi connectivity index (χ2n) is 6.49. The molecule has 0 radical (unpaired) electrons. The molecule has 0 saturated carbocycles. The Morgan fingerprint density at radius 2 is 2.21 bits per heavy atom. The van der Waals surface area contributed by atoms with Crippen LogP contribution in [0.3, 0.4) is 0 Å². The molecule has 1 heterocycles. The summed E-state index contributed by atoms with van der Waals surface area (Å²) in [5, 5.41) is 4.45. The van der Waals surface area contributed by atoms with Crippen molar-refractivity contribution in [3.63, 3.8) is 0 Å². The molecule has 2 rings (SSSR count). The fourth-order valence-corrected chi connectivity index (χ4v) is 4.42. The van der Waals surface area contributed by atoms with Crippen LogP contribution in [0.2, 0.25) is 0 Å². The SMILES string of the molecule is CNCC1CCCc2sc(C(OC)C(C)(C)C)nc21. The molecule has 2 unspecified atom stereocenters. The molecule has 108 valence electrons. The molecular formula is C15H26N2OS. The minimum Gasteiger partial charge on any atom is -0.374 e. The van der Waals surface area contributed by atoms with Gasteiger partial charge in [0.05, 0.1) is 5.69 Å². The number of hydrogen-bond donors (Lipinski definition) is 1. The number of likely N-dealkylation sites (N-methyl/N-ethyl adjacent to an activating group) is 1. The molecule has 1 N–H and O–H groups in total. The summed E-state index contributed by atoms with van der Waals surface area (Å²) in [6.45, 7) is 7.68. The Balaban J connectivity index is 2.30. The van der Waals surface area contributed by atoms with Crippen LogP contribution in [0, 0.1) is 5.41 Å². The molecule has 1 aromatic rings. The van der Waals surface area contributed by atoms with Crippen molar-refractivity contribution < 1.29 is 4.74 Å². The van der Waals surface area contributed by atoms with E-state index >= 15 is 0 Å². The van der Waals surface area contributed by atoms with Crippen molar-refractivity contribution in [2.45, 2.75) is 52.1 Å². The molecule has 0 aliphatic heterocycles. The fourth-order valence-electron chi connectivity index (χ4n) is 2.91. The standard InChI is InChI=1S/C15H26N2OS/c1-15(2,3)13(18-5)14-17-12-10(9-16-4)7-6-8-11(12)19-14/h10,13,16H,6-9H2,1-5H3. The first-order chi connectivity index (χ1) is 8.97. The average Bonchev–Trinajstić information content (AvgIpc) is 2.72. The highest BCUT2D eigenvalue weighted by Crippen LogP contribution is 2.42. The first-order valence-electron chi connectivity index (χ1n) is 7.14. The van der Waals surface area contributed by atoms with Gasteiger partial charge in [0.1, 0.15) is 11.1 Å². The quantitative estimate of drug-likeness (QED) is 0.917. The summed E-state index contributed by atoms with van der Waals surface area (Å²) in [6, 6.07) is 0. The fraction of sp³-hybridized carbons (Fsp3) is 0.800. The van der Waals surface area contributed by atoms with Gasteiger partial charge in [-0.25, -0.2) is 4.98 Å². The molecule has 0 aromatic carbocycles. The van der Waals surface area contributed by atoms with Crippen molar-refractivity contribution in [1.82, 2.24) is 10.3 Å². The van der Waals surface area contributed by atoms with Gasteiger partial charge >= 0.3 is 0 Å². The molecular weight excluding hydrogens is 256 g/mol. The van der Waals surface area contributed by atoms with Crippen LogP contribution in [-0.2, 0) is 11.2 Å². The van der Waals surface area contributed by atoms with Gasteiger partial charge in [-0.2, -0.15) is 0 Å². The van der Waals surface area contributed by atoms with Gasteiger partial charge in [-0.05, 0) is 31.7 Å². The number of aryl methyl sites for hydroxylation is 1. The number of rotatable bonds is 4. The van der Waals surface area contributed by atoms with Crippen LogP contribution in [0.5, 0.6) is 0 Å². The highest BCUT2D eigenvalue weighted by molar-refractivity contribution is 7.11. The maximum Gasteiger partial charge on any atom is 0.123 e. The second-order valence-corrected chi connectivity index (χ2v) is 7.60. The molecule has 2 atom stereocenters. The lowest BCUT2D eigenvalue weighted by Crippen LogP contribution is -2.22. The molecule has 3 nitrogen and oxygen atoms in total. The second kappa shape index (κ2) is 5.90. The van der Waals surface area contributed by atoms with E-state index in [0.29, 0.717) is 5.92 Å². The molecule has 0 saturated heterocycles. The molecule has 0 bridgehead atoms. The van der Waals surface area contributed by atoms with Gasteiger partial charge in [-0.1, -0.05) is 20.8 Å². The number of aromatic nitrogens is 1. The molecule has 19 heavy (non-hydrogen) atoms. The Morgan fingerprint density at radius 3 is 2.79 bits per heavy atom. The van der Waals surface area contributed by atoms with Gasteiger partial charge in [0.15, 0.2) is 0 Å². The Morgan fingerprint density at radius 1 is 1.47 bits per heavy atom. The van der Waals surface area contributed by atoms with Gasteiger partial charge in [0.2, 0.25) is 0 Å². The topological polar surface area (TPSA) is 34.1 Å². The van der Waals surface area contributed by atoms with E-state index in [-0.39, 0.29) is 11.5 Å². The van der Waals surface area contributed by atoms with Crippen molar-refractivity contribution in [3.8, 4) is 0 Å². The summed E-state index contributed by atoms with van der Waals surface area (Å²) in [5.41, 5.74) is 1.42. The van der Waals surface area contributed by atoms with Crippen molar-refractivity contribution in [1.29, 1.82) is 0 Å². The van der Waals surface area contributed by atoms with E-state index in [1.165, 1.54) is 29.8 Å². The van der Waals surface area contributed by atoms with Crippen LogP contribution in [0.15, 0.2) is 0 Å². The molecule has 4 heteroatoms. The largest absolute Gasteiger partial charge is 0.374 e. The zero-order valence-corrected chi connectivity index (χ0v) is 13.6. The minimum absolute atomic E-state index is 0.0910. The summed E-state index contributed by atoms with van der Waals surface area (Å²) in [4.78, 5) is 6.42. The zero-order chi connectivity index (χ0) is 14.0. The van der Waals surface area contributed by atoms with E-state index in [2.05, 4.69) is 26.1 Å². The number of thiazole rings is 1. The van der Waals surface area contributed by atoms with Crippen LogP contribution in [0.1, 0.15) is 61.2 Å². The first-order valence-corrected chi connectivity index (χ1v) is 7.96. The van der Waals surface area contributed by atoms with E-state index < -0.39 is 0 Å². The monoisotopic (exact) mass is 282 g/mol. The van der Waals surface area contributed by atoms with Crippen LogP contribution >= 0.6 is 11.3 Å². The van der Waals surface area contributed by atoms with E-state index in [9.17, 15) is 0 Å². The zero-order valence-electron chi connectivity index (χ0n) is 12.7. The smallest absolute Gasteiger partial charge is 0.123 e. The Bertz CT molecular complexity index is 422. The van der Waals surface area contributed by atoms with Gasteiger partial charge in [0.25, 0.3) is 0 Å². The number of fused-ring (bicyclic) bond motifs is 1. The van der Waals surface area contributed by atoms with E-state index in [1.807, 2.05) is 18.4 Å². The van der Waals surface area contributed by atoms with Crippen LogP contribution in [0.4, 0.5) is 0 Å². The Labute approximate surface area is 120 Å². The molecule has 1 aliphatic rings. The predicted molar refractivity (Wildman–Crippen MR) is 80.9 cm³/mol. The Kier molecular flexibility index (Phi) is 4.64. The van der Waals surface area contributed by atoms with Gasteiger partial charge in [0, 0.05) is 24.4 Å². The molecule has 1 aromatic heterocycles. The van der Waals surface area contributed by atoms with Gasteiger partial charge in [-0.15, -0.1) is 11.3 Å².